The Morgan fingerprint density at radius 3 is 2.81 bits per heavy atom. The van der Waals surface area contributed by atoms with Crippen molar-refractivity contribution in [2.45, 2.75) is 6.61 Å². The number of benzene rings is 1. The smallest absolute Gasteiger partial charge is 0.257 e. The number of carbonyl (C=O) groups excluding carboxylic acids is 1. The fourth-order valence-electron chi connectivity index (χ4n) is 2.42. The van der Waals surface area contributed by atoms with E-state index in [9.17, 15) is 4.79 Å². The summed E-state index contributed by atoms with van der Waals surface area (Å²) in [7, 11) is 6.82. The zero-order chi connectivity index (χ0) is 18.7. The number of thiazole rings is 1. The largest absolute Gasteiger partial charge is 0.493 e. The van der Waals surface area contributed by atoms with Crippen LogP contribution in [0.3, 0.4) is 0 Å². The topological polar surface area (TPSA) is 69.5 Å². The van der Waals surface area contributed by atoms with E-state index in [0.29, 0.717) is 17.1 Å². The van der Waals surface area contributed by atoms with Crippen LogP contribution in [0.4, 0.5) is 0 Å². The van der Waals surface area contributed by atoms with Gasteiger partial charge in [-0.3, -0.25) is 9.48 Å². The van der Waals surface area contributed by atoms with Crippen LogP contribution in [0.2, 0.25) is 0 Å². The molecule has 7 nitrogen and oxygen atoms in total. The normalized spacial score (nSPS) is 10.6. The number of aromatic nitrogens is 3. The van der Waals surface area contributed by atoms with Gasteiger partial charge in [0.2, 0.25) is 0 Å². The highest BCUT2D eigenvalue weighted by atomic mass is 32.1. The lowest BCUT2D eigenvalue weighted by Crippen LogP contribution is -2.22. The lowest BCUT2D eigenvalue weighted by atomic mass is 10.1. The maximum absolute atomic E-state index is 12.4. The van der Waals surface area contributed by atoms with Gasteiger partial charge in [0.05, 0.1) is 24.6 Å². The van der Waals surface area contributed by atoms with E-state index in [1.807, 2.05) is 18.6 Å². The number of para-hydroxylation sites is 1. The number of rotatable bonds is 6. The Morgan fingerprint density at radius 2 is 2.15 bits per heavy atom. The second-order valence-electron chi connectivity index (χ2n) is 5.87. The summed E-state index contributed by atoms with van der Waals surface area (Å²) in [5, 5.41) is 6.97. The molecule has 0 aliphatic heterocycles. The molecule has 1 amide bonds. The molecule has 8 heteroatoms. The van der Waals surface area contributed by atoms with Crippen molar-refractivity contribution in [1.82, 2.24) is 19.7 Å². The van der Waals surface area contributed by atoms with Crippen LogP contribution in [0.1, 0.15) is 16.1 Å². The molecule has 1 aromatic carbocycles. The van der Waals surface area contributed by atoms with Crippen LogP contribution in [-0.4, -0.2) is 46.8 Å². The summed E-state index contributed by atoms with van der Waals surface area (Å²) in [6, 6.07) is 5.26. The molecule has 2 heterocycles. The van der Waals surface area contributed by atoms with E-state index in [-0.39, 0.29) is 12.5 Å². The molecule has 26 heavy (non-hydrogen) atoms. The second kappa shape index (κ2) is 7.57. The molecule has 0 spiro atoms. The number of ether oxygens (including phenoxy) is 2. The molecule has 0 saturated heterocycles. The Balaban J connectivity index is 1.81. The van der Waals surface area contributed by atoms with Gasteiger partial charge < -0.3 is 14.4 Å². The number of nitrogens with zero attached hydrogens (tertiary/aromatic N) is 4. The average molecular weight is 372 g/mol. The summed E-state index contributed by atoms with van der Waals surface area (Å²) in [4.78, 5) is 18.5. The molecule has 0 aliphatic carbocycles. The number of carbonyl (C=O) groups is 1. The first-order chi connectivity index (χ1) is 12.5. The summed E-state index contributed by atoms with van der Waals surface area (Å²) in [6.07, 6.45) is 3.69. The number of hydrogen-bond donors (Lipinski definition) is 0. The first-order valence-electron chi connectivity index (χ1n) is 7.94. The lowest BCUT2D eigenvalue weighted by Gasteiger charge is -2.16. The molecule has 0 N–H and O–H groups in total. The fraction of sp³-hybridized carbons (Fsp3) is 0.278. The monoisotopic (exact) mass is 372 g/mol. The number of hydrogen-bond acceptors (Lipinski definition) is 6. The van der Waals surface area contributed by atoms with Gasteiger partial charge in [0.1, 0.15) is 11.6 Å². The number of amides is 1. The quantitative estimate of drug-likeness (QED) is 0.665. The van der Waals surface area contributed by atoms with Crippen molar-refractivity contribution in [2.24, 2.45) is 7.05 Å². The first kappa shape index (κ1) is 17.9. The lowest BCUT2D eigenvalue weighted by molar-refractivity contribution is 0.0821. The van der Waals surface area contributed by atoms with Gasteiger partial charge >= 0.3 is 0 Å². The van der Waals surface area contributed by atoms with E-state index in [4.69, 9.17) is 9.47 Å². The minimum atomic E-state index is -0.145. The van der Waals surface area contributed by atoms with Crippen LogP contribution in [-0.2, 0) is 13.7 Å². The molecule has 0 atom stereocenters. The molecular weight excluding hydrogens is 352 g/mol. The van der Waals surface area contributed by atoms with Gasteiger partial charge in [0, 0.05) is 38.3 Å². The third-order valence-corrected chi connectivity index (χ3v) is 4.64. The average Bonchev–Trinajstić information content (AvgIpc) is 3.27. The zero-order valence-electron chi connectivity index (χ0n) is 15.1. The molecule has 3 aromatic rings. The highest BCUT2D eigenvalue weighted by molar-refractivity contribution is 7.13. The Hall–Kier alpha value is -2.87. The molecule has 0 aliphatic rings. The van der Waals surface area contributed by atoms with Crippen molar-refractivity contribution in [3.63, 3.8) is 0 Å². The number of methoxy groups -OCH3 is 1. The van der Waals surface area contributed by atoms with Gasteiger partial charge in [0.25, 0.3) is 5.91 Å². The van der Waals surface area contributed by atoms with Crippen molar-refractivity contribution in [3.05, 3.63) is 47.2 Å². The Labute approximate surface area is 155 Å². The van der Waals surface area contributed by atoms with Crippen molar-refractivity contribution in [3.8, 4) is 22.1 Å². The molecule has 2 aromatic heterocycles. The molecule has 136 valence electrons. The molecular formula is C18H20N4O3S. The zero-order valence-corrected chi connectivity index (χ0v) is 15.9. The van der Waals surface area contributed by atoms with Gasteiger partial charge in [-0.15, -0.1) is 11.3 Å². The molecule has 0 saturated carbocycles. The molecule has 0 fully saturated rings. The van der Waals surface area contributed by atoms with E-state index < -0.39 is 0 Å². The second-order valence-corrected chi connectivity index (χ2v) is 6.73. The highest BCUT2D eigenvalue weighted by Crippen LogP contribution is 2.33. The summed E-state index contributed by atoms with van der Waals surface area (Å²) >= 11 is 1.53. The van der Waals surface area contributed by atoms with Crippen LogP contribution in [0.5, 0.6) is 11.5 Å². The summed E-state index contributed by atoms with van der Waals surface area (Å²) in [5.41, 5.74) is 2.20. The maximum atomic E-state index is 12.4. The van der Waals surface area contributed by atoms with Crippen molar-refractivity contribution in [2.75, 3.05) is 21.2 Å². The minimum Gasteiger partial charge on any atom is -0.493 e. The summed E-state index contributed by atoms with van der Waals surface area (Å²) < 4.78 is 13.0. The van der Waals surface area contributed by atoms with Crippen LogP contribution < -0.4 is 9.47 Å². The molecule has 0 bridgehead atoms. The van der Waals surface area contributed by atoms with Gasteiger partial charge in [-0.05, 0) is 12.1 Å². The van der Waals surface area contributed by atoms with Crippen LogP contribution in [0.15, 0.2) is 36.0 Å². The number of aryl methyl sites for hydroxylation is 1. The van der Waals surface area contributed by atoms with Gasteiger partial charge in [-0.25, -0.2) is 4.98 Å². The third-order valence-electron chi connectivity index (χ3n) is 3.70. The SMILES string of the molecule is COc1cccc(C(=O)N(C)C)c1OCc1csc(-c2cnn(C)c2)n1. The van der Waals surface area contributed by atoms with E-state index in [1.54, 1.807) is 50.3 Å². The van der Waals surface area contributed by atoms with Crippen LogP contribution >= 0.6 is 11.3 Å². The van der Waals surface area contributed by atoms with E-state index in [0.717, 1.165) is 16.3 Å². The fourth-order valence-corrected chi connectivity index (χ4v) is 3.20. The van der Waals surface area contributed by atoms with Gasteiger partial charge in [-0.1, -0.05) is 6.07 Å². The first-order valence-corrected chi connectivity index (χ1v) is 8.82. The Bertz CT molecular complexity index is 917. The van der Waals surface area contributed by atoms with E-state index >= 15 is 0 Å². The predicted octanol–water partition coefficient (Wildman–Crippen LogP) is 2.83. The van der Waals surface area contributed by atoms with E-state index in [1.165, 1.54) is 16.2 Å². The van der Waals surface area contributed by atoms with Gasteiger partial charge in [0.15, 0.2) is 11.5 Å². The summed E-state index contributed by atoms with van der Waals surface area (Å²) in [5.74, 6) is 0.790. The van der Waals surface area contributed by atoms with E-state index in [2.05, 4.69) is 10.1 Å². The van der Waals surface area contributed by atoms with Crippen molar-refractivity contribution in [1.29, 1.82) is 0 Å². The van der Waals surface area contributed by atoms with Gasteiger partial charge in [-0.2, -0.15) is 5.10 Å². The maximum Gasteiger partial charge on any atom is 0.257 e. The Kier molecular flexibility index (Phi) is 5.22. The minimum absolute atomic E-state index is 0.145. The molecule has 3 rings (SSSR count). The van der Waals surface area contributed by atoms with Crippen molar-refractivity contribution >= 4 is 17.2 Å². The van der Waals surface area contributed by atoms with Crippen LogP contribution in [0.25, 0.3) is 10.6 Å². The third kappa shape index (κ3) is 3.70. The Morgan fingerprint density at radius 1 is 1.35 bits per heavy atom. The van der Waals surface area contributed by atoms with Crippen LogP contribution in [0, 0.1) is 0 Å². The van der Waals surface area contributed by atoms with Crippen molar-refractivity contribution < 1.29 is 14.3 Å². The molecule has 0 unspecified atom stereocenters. The standard InChI is InChI=1S/C18H20N4O3S/c1-21(2)18(23)14-6-5-7-15(24-4)16(14)25-10-13-11-26-17(20-13)12-8-19-22(3)9-12/h5-9,11H,10H2,1-4H3. The predicted molar refractivity (Wildman–Crippen MR) is 99.7 cm³/mol. The molecule has 0 radical (unpaired) electrons. The highest BCUT2D eigenvalue weighted by Gasteiger charge is 2.19. The summed E-state index contributed by atoms with van der Waals surface area (Å²) in [6.45, 7) is 0.241.